The lowest BCUT2D eigenvalue weighted by atomic mass is 9.99. The van der Waals surface area contributed by atoms with Gasteiger partial charge in [-0.2, -0.15) is 0 Å². The zero-order valence-corrected chi connectivity index (χ0v) is 14.4. The first-order valence-corrected chi connectivity index (χ1v) is 8.65. The number of aliphatic carboxylic acids is 1. The van der Waals surface area contributed by atoms with E-state index in [9.17, 15) is 25.2 Å². The van der Waals surface area contributed by atoms with Crippen LogP contribution in [0.4, 0.5) is 0 Å². The minimum atomic E-state index is -1.61. The van der Waals surface area contributed by atoms with Gasteiger partial charge in [-0.25, -0.2) is 0 Å². The Bertz CT molecular complexity index is 390. The summed E-state index contributed by atoms with van der Waals surface area (Å²) in [6.45, 7) is 1.43. The molecule has 0 amide bonds. The van der Waals surface area contributed by atoms with Crippen LogP contribution >= 0.6 is 0 Å². The Balaban J connectivity index is 2.67. The largest absolute Gasteiger partial charge is 0.481 e. The topological polar surface area (TPSA) is 157 Å². The maximum Gasteiger partial charge on any atom is 0.305 e. The van der Waals surface area contributed by atoms with Crippen LogP contribution in [0.15, 0.2) is 0 Å². The van der Waals surface area contributed by atoms with Gasteiger partial charge in [-0.15, -0.1) is 0 Å². The van der Waals surface area contributed by atoms with Gasteiger partial charge in [0, 0.05) is 6.42 Å². The molecule has 0 aromatic carbocycles. The summed E-state index contributed by atoms with van der Waals surface area (Å²) in [5, 5.41) is 57.7. The maximum atomic E-state index is 11.0. The smallest absolute Gasteiger partial charge is 0.305 e. The average molecular weight is 366 g/mol. The Kier molecular flexibility index (Phi) is 9.80. The summed E-state index contributed by atoms with van der Waals surface area (Å²) in [6, 6.07) is 0. The molecular formula is C16H30O9. The summed E-state index contributed by atoms with van der Waals surface area (Å²) >= 11 is 0. The molecule has 9 heteroatoms. The molecule has 0 unspecified atom stereocenters. The fourth-order valence-corrected chi connectivity index (χ4v) is 2.80. The Morgan fingerprint density at radius 1 is 1.16 bits per heavy atom. The van der Waals surface area contributed by atoms with Crippen LogP contribution in [0, 0.1) is 0 Å². The Morgan fingerprint density at radius 3 is 2.40 bits per heavy atom. The Morgan fingerprint density at radius 2 is 1.84 bits per heavy atom. The normalized spacial score (nSPS) is 32.3. The third-order valence-electron chi connectivity index (χ3n) is 4.25. The summed E-state index contributed by atoms with van der Waals surface area (Å²) in [4.78, 5) is 11.0. The number of rotatable bonds is 11. The van der Waals surface area contributed by atoms with Crippen molar-refractivity contribution in [2.75, 3.05) is 6.61 Å². The highest BCUT2D eigenvalue weighted by Gasteiger charge is 2.45. The van der Waals surface area contributed by atoms with Gasteiger partial charge in [0.25, 0.3) is 0 Å². The van der Waals surface area contributed by atoms with Crippen molar-refractivity contribution in [2.45, 2.75) is 88.4 Å². The highest BCUT2D eigenvalue weighted by atomic mass is 16.7. The van der Waals surface area contributed by atoms with Crippen LogP contribution in [0.25, 0.3) is 0 Å². The Hall–Kier alpha value is -0.810. The minimum absolute atomic E-state index is 0.0328. The number of carboxylic acids is 1. The van der Waals surface area contributed by atoms with Crippen LogP contribution in [-0.4, -0.2) is 86.1 Å². The molecule has 1 rings (SSSR count). The lowest BCUT2D eigenvalue weighted by Crippen LogP contribution is -2.59. The van der Waals surface area contributed by atoms with Crippen molar-refractivity contribution in [3.05, 3.63) is 0 Å². The number of ether oxygens (including phenoxy) is 2. The van der Waals surface area contributed by atoms with Crippen molar-refractivity contribution >= 4 is 5.97 Å². The number of aliphatic hydroxyl groups is 5. The lowest BCUT2D eigenvalue weighted by Gasteiger charge is -2.40. The van der Waals surface area contributed by atoms with Crippen LogP contribution in [0.1, 0.15) is 45.4 Å². The van der Waals surface area contributed by atoms with Crippen LogP contribution in [0.5, 0.6) is 0 Å². The first-order valence-electron chi connectivity index (χ1n) is 8.65. The number of aliphatic hydroxyl groups excluding tert-OH is 5. The van der Waals surface area contributed by atoms with E-state index in [1.54, 1.807) is 0 Å². The summed E-state index contributed by atoms with van der Waals surface area (Å²) in [6.07, 6.45) is -6.12. The van der Waals surface area contributed by atoms with E-state index in [-0.39, 0.29) is 6.42 Å². The molecule has 1 fully saturated rings. The van der Waals surface area contributed by atoms with Crippen LogP contribution in [0.3, 0.4) is 0 Å². The van der Waals surface area contributed by atoms with E-state index in [1.165, 1.54) is 0 Å². The second-order valence-corrected chi connectivity index (χ2v) is 6.44. The molecule has 0 bridgehead atoms. The minimum Gasteiger partial charge on any atom is -0.481 e. The second-order valence-electron chi connectivity index (χ2n) is 6.44. The second kappa shape index (κ2) is 11.0. The van der Waals surface area contributed by atoms with E-state index in [1.807, 2.05) is 6.92 Å². The molecular weight excluding hydrogens is 336 g/mol. The van der Waals surface area contributed by atoms with E-state index >= 15 is 0 Å². The molecule has 0 spiro atoms. The van der Waals surface area contributed by atoms with Crippen molar-refractivity contribution in [3.8, 4) is 0 Å². The number of hydrogen-bond acceptors (Lipinski definition) is 8. The van der Waals surface area contributed by atoms with E-state index in [0.717, 1.165) is 19.3 Å². The molecule has 1 aliphatic heterocycles. The van der Waals surface area contributed by atoms with Crippen molar-refractivity contribution in [2.24, 2.45) is 0 Å². The van der Waals surface area contributed by atoms with E-state index in [2.05, 4.69) is 0 Å². The molecule has 0 aromatic heterocycles. The summed E-state index contributed by atoms with van der Waals surface area (Å²) in [5.41, 5.74) is 0. The third kappa shape index (κ3) is 7.14. The fraction of sp³-hybridized carbons (Fsp3) is 0.938. The summed E-state index contributed by atoms with van der Waals surface area (Å²) < 4.78 is 10.7. The summed E-state index contributed by atoms with van der Waals surface area (Å²) in [7, 11) is 0. The molecule has 0 aromatic rings. The van der Waals surface area contributed by atoms with Gasteiger partial charge in [-0.05, 0) is 6.42 Å². The standard InChI is InChI=1S/C16H30O9/c1-2-3-4-5-9(18)6-10(7-12(19)20)24-16-15(23)14(22)13(21)11(8-17)25-16/h9-11,13-18,21-23H,2-8H2,1H3,(H,19,20)/t9-,10+,11-,13+,14+,15-,16+/m0/s1. The van der Waals surface area contributed by atoms with E-state index in [4.69, 9.17) is 19.7 Å². The van der Waals surface area contributed by atoms with Gasteiger partial charge in [0.1, 0.15) is 24.4 Å². The van der Waals surface area contributed by atoms with Crippen molar-refractivity contribution < 1.29 is 44.9 Å². The maximum absolute atomic E-state index is 11.0. The predicted molar refractivity (Wildman–Crippen MR) is 85.7 cm³/mol. The summed E-state index contributed by atoms with van der Waals surface area (Å²) in [5.74, 6) is -1.14. The zero-order valence-electron chi connectivity index (χ0n) is 14.4. The molecule has 1 heterocycles. The van der Waals surface area contributed by atoms with Gasteiger partial charge in [-0.3, -0.25) is 4.79 Å². The average Bonchev–Trinajstić information content (AvgIpc) is 2.55. The van der Waals surface area contributed by atoms with E-state index < -0.39 is 61.9 Å². The molecule has 0 radical (unpaired) electrons. The predicted octanol–water partition coefficient (Wildman–Crippen LogP) is -1.02. The zero-order chi connectivity index (χ0) is 19.0. The molecule has 6 N–H and O–H groups in total. The molecule has 148 valence electrons. The highest BCUT2D eigenvalue weighted by molar-refractivity contribution is 5.67. The molecule has 0 saturated carbocycles. The van der Waals surface area contributed by atoms with Gasteiger partial charge in [0.2, 0.25) is 0 Å². The molecule has 0 aliphatic carbocycles. The van der Waals surface area contributed by atoms with Gasteiger partial charge in [0.05, 0.1) is 25.2 Å². The van der Waals surface area contributed by atoms with Gasteiger partial charge in [-0.1, -0.05) is 26.2 Å². The van der Waals surface area contributed by atoms with Gasteiger partial charge < -0.3 is 40.1 Å². The van der Waals surface area contributed by atoms with E-state index in [0.29, 0.717) is 6.42 Å². The first-order chi connectivity index (χ1) is 11.8. The third-order valence-corrected chi connectivity index (χ3v) is 4.25. The molecule has 1 aliphatic rings. The first kappa shape index (κ1) is 22.2. The van der Waals surface area contributed by atoms with Crippen LogP contribution < -0.4 is 0 Å². The fourth-order valence-electron chi connectivity index (χ4n) is 2.80. The number of carbonyl (C=O) groups is 1. The highest BCUT2D eigenvalue weighted by Crippen LogP contribution is 2.25. The number of hydrogen-bond donors (Lipinski definition) is 6. The molecule has 1 saturated heterocycles. The SMILES string of the molecule is CCCCC[C@H](O)C[C@H](CC(=O)O)O[C@@H]1O[C@@H](CO)[C@@H](O)[C@@H](O)[C@@H]1O. The lowest BCUT2D eigenvalue weighted by molar-refractivity contribution is -0.312. The van der Waals surface area contributed by atoms with Crippen LogP contribution in [-0.2, 0) is 14.3 Å². The molecule has 25 heavy (non-hydrogen) atoms. The van der Waals surface area contributed by atoms with Crippen molar-refractivity contribution in [3.63, 3.8) is 0 Å². The monoisotopic (exact) mass is 366 g/mol. The van der Waals surface area contributed by atoms with Gasteiger partial charge in [0.15, 0.2) is 6.29 Å². The number of carboxylic acid groups (broad SMARTS) is 1. The molecule has 7 atom stereocenters. The van der Waals surface area contributed by atoms with Crippen molar-refractivity contribution in [1.82, 2.24) is 0 Å². The number of unbranched alkanes of at least 4 members (excludes halogenated alkanes) is 2. The Labute approximate surface area is 146 Å². The van der Waals surface area contributed by atoms with Crippen molar-refractivity contribution in [1.29, 1.82) is 0 Å². The van der Waals surface area contributed by atoms with Gasteiger partial charge >= 0.3 is 5.97 Å². The molecule has 9 nitrogen and oxygen atoms in total. The van der Waals surface area contributed by atoms with Crippen LogP contribution in [0.2, 0.25) is 0 Å². The quantitative estimate of drug-likeness (QED) is 0.252.